The molecule has 0 bridgehead atoms. The third kappa shape index (κ3) is 2.31. The highest BCUT2D eigenvalue weighted by atomic mass is 16.5. The van der Waals surface area contributed by atoms with Gasteiger partial charge >= 0.3 is 5.97 Å². The Bertz CT molecular complexity index is 602. The van der Waals surface area contributed by atoms with Crippen molar-refractivity contribution in [1.29, 1.82) is 0 Å². The number of para-hydroxylation sites is 2. The predicted molar refractivity (Wildman–Crippen MR) is 71.2 cm³/mol. The van der Waals surface area contributed by atoms with Crippen LogP contribution in [0, 0.1) is 0 Å². The molecule has 0 unspecified atom stereocenters. The summed E-state index contributed by atoms with van der Waals surface area (Å²) < 4.78 is 6.93. The monoisotopic (exact) mass is 260 g/mol. The number of aromatic carboxylic acids is 1. The quantitative estimate of drug-likeness (QED) is 0.918. The Hall–Kier alpha value is -2.30. The van der Waals surface area contributed by atoms with Crippen molar-refractivity contribution in [1.82, 2.24) is 9.78 Å². The van der Waals surface area contributed by atoms with E-state index in [-0.39, 0.29) is 11.5 Å². The molecule has 0 spiro atoms. The normalized spacial score (nSPS) is 10.7. The van der Waals surface area contributed by atoms with Gasteiger partial charge in [-0.25, -0.2) is 9.48 Å². The van der Waals surface area contributed by atoms with Gasteiger partial charge in [0.2, 0.25) is 0 Å². The van der Waals surface area contributed by atoms with E-state index in [9.17, 15) is 9.90 Å². The summed E-state index contributed by atoms with van der Waals surface area (Å²) in [6.45, 7) is 3.88. The molecule has 0 aliphatic heterocycles. The van der Waals surface area contributed by atoms with E-state index in [1.54, 1.807) is 11.8 Å². The van der Waals surface area contributed by atoms with E-state index in [1.165, 1.54) is 6.20 Å². The summed E-state index contributed by atoms with van der Waals surface area (Å²) in [6, 6.07) is 7.40. The highest BCUT2D eigenvalue weighted by molar-refractivity contribution is 5.89. The fourth-order valence-electron chi connectivity index (χ4n) is 2.07. The molecule has 0 fully saturated rings. The lowest BCUT2D eigenvalue weighted by Crippen LogP contribution is -2.09. The van der Waals surface area contributed by atoms with Crippen LogP contribution < -0.4 is 4.74 Å². The Labute approximate surface area is 111 Å². The van der Waals surface area contributed by atoms with Crippen molar-refractivity contribution < 1.29 is 14.6 Å². The zero-order chi connectivity index (χ0) is 14.0. The smallest absolute Gasteiger partial charge is 0.339 e. The minimum Gasteiger partial charge on any atom is -0.494 e. The Morgan fingerprint density at radius 3 is 2.63 bits per heavy atom. The minimum absolute atomic E-state index is 0.0403. The SMILES string of the molecule is COc1ccccc1-n1ncc(C(=O)O)c1C(C)C. The lowest BCUT2D eigenvalue weighted by atomic mass is 10.1. The molecule has 1 aromatic heterocycles. The van der Waals surface area contributed by atoms with Crippen LogP contribution in [0.4, 0.5) is 0 Å². The second-order valence-corrected chi connectivity index (χ2v) is 4.49. The number of carboxylic acid groups (broad SMARTS) is 1. The number of ether oxygens (including phenoxy) is 1. The summed E-state index contributed by atoms with van der Waals surface area (Å²) in [7, 11) is 1.58. The number of hydrogen-bond acceptors (Lipinski definition) is 3. The third-order valence-corrected chi connectivity index (χ3v) is 2.90. The van der Waals surface area contributed by atoms with Gasteiger partial charge in [-0.15, -0.1) is 0 Å². The predicted octanol–water partition coefficient (Wildman–Crippen LogP) is 2.70. The van der Waals surface area contributed by atoms with E-state index in [0.717, 1.165) is 5.69 Å². The van der Waals surface area contributed by atoms with Gasteiger partial charge in [-0.2, -0.15) is 5.10 Å². The van der Waals surface area contributed by atoms with Gasteiger partial charge in [-0.05, 0) is 18.1 Å². The van der Waals surface area contributed by atoms with E-state index < -0.39 is 5.97 Å². The van der Waals surface area contributed by atoms with Gasteiger partial charge in [0.05, 0.1) is 19.0 Å². The van der Waals surface area contributed by atoms with Crippen LogP contribution in [0.1, 0.15) is 35.8 Å². The van der Waals surface area contributed by atoms with Gasteiger partial charge in [-0.1, -0.05) is 26.0 Å². The van der Waals surface area contributed by atoms with Crippen molar-refractivity contribution in [3.8, 4) is 11.4 Å². The molecule has 2 aromatic rings. The van der Waals surface area contributed by atoms with Gasteiger partial charge in [0, 0.05) is 0 Å². The summed E-state index contributed by atoms with van der Waals surface area (Å²) in [4.78, 5) is 11.2. The molecule has 0 radical (unpaired) electrons. The highest BCUT2D eigenvalue weighted by Gasteiger charge is 2.21. The lowest BCUT2D eigenvalue weighted by molar-refractivity contribution is 0.0695. The number of hydrogen-bond donors (Lipinski definition) is 1. The zero-order valence-corrected chi connectivity index (χ0v) is 11.1. The Kier molecular flexibility index (Phi) is 3.55. The Balaban J connectivity index is 2.66. The average molecular weight is 260 g/mol. The maximum atomic E-state index is 11.2. The number of aromatic nitrogens is 2. The molecule has 1 heterocycles. The van der Waals surface area contributed by atoms with Crippen LogP contribution >= 0.6 is 0 Å². The third-order valence-electron chi connectivity index (χ3n) is 2.90. The van der Waals surface area contributed by atoms with Crippen molar-refractivity contribution in [2.45, 2.75) is 19.8 Å². The first-order chi connectivity index (χ1) is 9.06. The molecule has 100 valence electrons. The largest absolute Gasteiger partial charge is 0.494 e. The molecule has 5 nitrogen and oxygen atoms in total. The minimum atomic E-state index is -0.968. The van der Waals surface area contributed by atoms with Crippen LogP contribution in [0.5, 0.6) is 5.75 Å². The summed E-state index contributed by atoms with van der Waals surface area (Å²) in [6.07, 6.45) is 1.38. The van der Waals surface area contributed by atoms with Gasteiger partial charge < -0.3 is 9.84 Å². The molecule has 2 rings (SSSR count). The molecule has 19 heavy (non-hydrogen) atoms. The standard InChI is InChI=1S/C14H16N2O3/c1-9(2)13-10(14(17)18)8-15-16(13)11-6-4-5-7-12(11)19-3/h4-9H,1-3H3,(H,17,18). The van der Waals surface area contributed by atoms with E-state index in [0.29, 0.717) is 11.4 Å². The summed E-state index contributed by atoms with van der Waals surface area (Å²) in [5, 5.41) is 13.4. The molecular formula is C14H16N2O3. The van der Waals surface area contributed by atoms with Crippen LogP contribution in [-0.4, -0.2) is 28.0 Å². The van der Waals surface area contributed by atoms with Crippen LogP contribution in [0.3, 0.4) is 0 Å². The number of benzene rings is 1. The van der Waals surface area contributed by atoms with Crippen LogP contribution in [0.15, 0.2) is 30.5 Å². The molecular weight excluding hydrogens is 244 g/mol. The van der Waals surface area contributed by atoms with Gasteiger partial charge in [0.25, 0.3) is 0 Å². The number of carboxylic acids is 1. The molecule has 0 saturated heterocycles. The maximum Gasteiger partial charge on any atom is 0.339 e. The first-order valence-corrected chi connectivity index (χ1v) is 6.00. The first kappa shape index (κ1) is 13.1. The summed E-state index contributed by atoms with van der Waals surface area (Å²) in [5.74, 6) is -0.271. The van der Waals surface area contributed by atoms with Crippen LogP contribution in [0.2, 0.25) is 0 Å². The maximum absolute atomic E-state index is 11.2. The highest BCUT2D eigenvalue weighted by Crippen LogP contribution is 2.28. The molecule has 0 saturated carbocycles. The molecule has 0 amide bonds. The number of carbonyl (C=O) groups is 1. The van der Waals surface area contributed by atoms with E-state index in [4.69, 9.17) is 4.74 Å². The van der Waals surface area contributed by atoms with Crippen molar-refractivity contribution in [2.75, 3.05) is 7.11 Å². The van der Waals surface area contributed by atoms with Crippen LogP contribution in [-0.2, 0) is 0 Å². The Morgan fingerprint density at radius 1 is 1.37 bits per heavy atom. The summed E-state index contributed by atoms with van der Waals surface area (Å²) >= 11 is 0. The molecule has 0 aliphatic rings. The molecule has 0 atom stereocenters. The van der Waals surface area contributed by atoms with E-state index >= 15 is 0 Å². The van der Waals surface area contributed by atoms with Gasteiger partial charge in [0.1, 0.15) is 17.0 Å². The topological polar surface area (TPSA) is 64.4 Å². The fourth-order valence-corrected chi connectivity index (χ4v) is 2.07. The zero-order valence-electron chi connectivity index (χ0n) is 11.1. The molecule has 1 aromatic carbocycles. The van der Waals surface area contributed by atoms with Crippen molar-refractivity contribution in [3.05, 3.63) is 41.7 Å². The molecule has 1 N–H and O–H groups in total. The van der Waals surface area contributed by atoms with Gasteiger partial charge in [0.15, 0.2) is 0 Å². The molecule has 0 aliphatic carbocycles. The van der Waals surface area contributed by atoms with E-state index in [1.807, 2.05) is 38.1 Å². The van der Waals surface area contributed by atoms with Gasteiger partial charge in [-0.3, -0.25) is 0 Å². The van der Waals surface area contributed by atoms with Crippen LogP contribution in [0.25, 0.3) is 5.69 Å². The van der Waals surface area contributed by atoms with Crippen molar-refractivity contribution in [3.63, 3.8) is 0 Å². The van der Waals surface area contributed by atoms with E-state index in [2.05, 4.69) is 5.10 Å². The van der Waals surface area contributed by atoms with Crippen molar-refractivity contribution >= 4 is 5.97 Å². The second-order valence-electron chi connectivity index (χ2n) is 4.49. The number of methoxy groups -OCH3 is 1. The summed E-state index contributed by atoms with van der Waals surface area (Å²) in [5.41, 5.74) is 1.62. The lowest BCUT2D eigenvalue weighted by Gasteiger charge is -2.14. The number of nitrogens with zero attached hydrogens (tertiary/aromatic N) is 2. The second kappa shape index (κ2) is 5.14. The first-order valence-electron chi connectivity index (χ1n) is 6.00. The Morgan fingerprint density at radius 2 is 2.05 bits per heavy atom. The average Bonchev–Trinajstić information content (AvgIpc) is 2.83. The van der Waals surface area contributed by atoms with Crippen molar-refractivity contribution in [2.24, 2.45) is 0 Å². The fraction of sp³-hybridized carbons (Fsp3) is 0.286. The molecule has 5 heteroatoms. The number of rotatable bonds is 4.